The Kier molecular flexibility index (Phi) is 17.4. The highest BCUT2D eigenvalue weighted by atomic mass is 16.5. The van der Waals surface area contributed by atoms with Gasteiger partial charge in [0.2, 0.25) is 35.5 Å². The highest BCUT2D eigenvalue weighted by Gasteiger charge is 2.15. The molecule has 0 saturated heterocycles. The predicted molar refractivity (Wildman–Crippen MR) is 322 cm³/mol. The van der Waals surface area contributed by atoms with E-state index in [1.165, 1.54) is 0 Å². The molecule has 18 heteroatoms. The van der Waals surface area contributed by atoms with Gasteiger partial charge in [-0.1, -0.05) is 109 Å². The highest BCUT2D eigenvalue weighted by Crippen LogP contribution is 2.31. The lowest BCUT2D eigenvalue weighted by atomic mass is 10.2. The third kappa shape index (κ3) is 14.5. The lowest BCUT2D eigenvalue weighted by molar-refractivity contribution is 0.306. The predicted octanol–water partition coefficient (Wildman–Crippen LogP) is 15.2. The Balaban J connectivity index is 0.000000133. The minimum absolute atomic E-state index is 0.422. The minimum Gasteiger partial charge on any atom is -0.497 e. The van der Waals surface area contributed by atoms with Crippen molar-refractivity contribution in [2.75, 3.05) is 30.2 Å². The van der Waals surface area contributed by atoms with Crippen LogP contribution in [0.1, 0.15) is 5.56 Å². The van der Waals surface area contributed by atoms with Crippen LogP contribution in [-0.4, -0.2) is 59.1 Å². The first-order valence-electron chi connectivity index (χ1n) is 26.4. The maximum atomic E-state index is 5.90. The van der Waals surface area contributed by atoms with E-state index in [0.29, 0.717) is 88.0 Å². The van der Waals surface area contributed by atoms with E-state index in [1.54, 1.807) is 75.7 Å². The van der Waals surface area contributed by atoms with E-state index in [2.05, 4.69) is 60.8 Å². The molecule has 0 atom stereocenters. The number of ether oxygens (including phenoxy) is 3. The van der Waals surface area contributed by atoms with Crippen molar-refractivity contribution in [3.05, 3.63) is 255 Å². The summed E-state index contributed by atoms with van der Waals surface area (Å²) in [5.41, 5.74) is 8.32. The molecule has 13 aromatic rings. The molecule has 18 nitrogen and oxygen atoms in total. The number of aromatic nitrogens is 9. The second kappa shape index (κ2) is 26.9. The zero-order chi connectivity index (χ0) is 57.1. The zero-order valence-corrected chi connectivity index (χ0v) is 45.4. The van der Waals surface area contributed by atoms with Crippen molar-refractivity contribution in [2.45, 2.75) is 6.61 Å². The van der Waals surface area contributed by atoms with Crippen LogP contribution >= 0.6 is 0 Å². The molecule has 0 amide bonds. The molecule has 3 N–H and O–H groups in total. The molecule has 0 bridgehead atoms. The third-order valence-electron chi connectivity index (χ3n) is 12.3. The summed E-state index contributed by atoms with van der Waals surface area (Å²) in [5, 5.41) is 9.55. The van der Waals surface area contributed by atoms with Gasteiger partial charge in [0.05, 0.1) is 32.8 Å². The van der Waals surface area contributed by atoms with E-state index in [0.717, 1.165) is 45.1 Å². The molecule has 84 heavy (non-hydrogen) atoms. The minimum atomic E-state index is 0.422. The van der Waals surface area contributed by atoms with Crippen LogP contribution in [0.5, 0.6) is 17.2 Å². The number of para-hydroxylation sites is 1. The molecule has 0 aliphatic rings. The number of rotatable bonds is 17. The second-order valence-electron chi connectivity index (χ2n) is 18.1. The Labute approximate surface area is 483 Å². The summed E-state index contributed by atoms with van der Waals surface area (Å²) in [7, 11) is 3.20. The molecular formula is C66H52N12O6. The van der Waals surface area contributed by atoms with Crippen LogP contribution in [0.3, 0.4) is 0 Å². The molecule has 0 unspecified atom stereocenters. The van der Waals surface area contributed by atoms with Crippen LogP contribution in [0.25, 0.3) is 68.7 Å². The molecule has 7 aromatic carbocycles. The summed E-state index contributed by atoms with van der Waals surface area (Å²) in [5.74, 6) is 6.90. The Morgan fingerprint density at radius 1 is 0.345 bits per heavy atom. The lowest BCUT2D eigenvalue weighted by Crippen LogP contribution is -1.99. The molecule has 0 radical (unpaired) electrons. The van der Waals surface area contributed by atoms with Crippen LogP contribution in [0.15, 0.2) is 263 Å². The van der Waals surface area contributed by atoms with Gasteiger partial charge in [-0.25, -0.2) is 44.9 Å². The first-order valence-corrected chi connectivity index (χ1v) is 26.4. The number of nitrogens with zero attached hydrogens (tertiary/aromatic N) is 9. The maximum Gasteiger partial charge on any atom is 0.227 e. The second-order valence-corrected chi connectivity index (χ2v) is 18.1. The fourth-order valence-electron chi connectivity index (χ4n) is 8.18. The number of oxazole rings is 3. The Morgan fingerprint density at radius 3 is 1.14 bits per heavy atom. The quantitative estimate of drug-likeness (QED) is 0.0772. The Morgan fingerprint density at radius 2 is 0.714 bits per heavy atom. The molecule has 0 aliphatic heterocycles. The summed E-state index contributed by atoms with van der Waals surface area (Å²) in [6.45, 7) is 0.505. The van der Waals surface area contributed by atoms with Gasteiger partial charge in [-0.05, 0) is 84.4 Å². The van der Waals surface area contributed by atoms with Crippen molar-refractivity contribution in [1.29, 1.82) is 0 Å². The van der Waals surface area contributed by atoms with Gasteiger partial charge in [0, 0.05) is 76.6 Å². The maximum absolute atomic E-state index is 5.90. The number of nitrogens with one attached hydrogen (secondary N) is 3. The van der Waals surface area contributed by atoms with E-state index in [1.807, 2.05) is 188 Å². The van der Waals surface area contributed by atoms with E-state index in [4.69, 9.17) is 27.5 Å². The van der Waals surface area contributed by atoms with E-state index >= 15 is 0 Å². The fourth-order valence-corrected chi connectivity index (χ4v) is 8.18. The van der Waals surface area contributed by atoms with Gasteiger partial charge in [0.1, 0.15) is 40.9 Å². The van der Waals surface area contributed by atoms with Crippen LogP contribution < -0.4 is 30.2 Å². The molecule has 6 aromatic heterocycles. The van der Waals surface area contributed by atoms with Gasteiger partial charge in [0.25, 0.3) is 0 Å². The molecule has 0 aliphatic carbocycles. The van der Waals surface area contributed by atoms with E-state index < -0.39 is 0 Å². The third-order valence-corrected chi connectivity index (χ3v) is 12.3. The van der Waals surface area contributed by atoms with Crippen molar-refractivity contribution >= 4 is 34.9 Å². The molecule has 0 saturated carbocycles. The number of anilines is 6. The van der Waals surface area contributed by atoms with Crippen LogP contribution in [-0.2, 0) is 6.61 Å². The highest BCUT2D eigenvalue weighted by molar-refractivity contribution is 5.65. The molecular weight excluding hydrogens is 1060 g/mol. The van der Waals surface area contributed by atoms with Gasteiger partial charge in [-0.15, -0.1) is 0 Å². The first-order chi connectivity index (χ1) is 41.5. The van der Waals surface area contributed by atoms with Gasteiger partial charge in [-0.3, -0.25) is 0 Å². The summed E-state index contributed by atoms with van der Waals surface area (Å²) in [6, 6.07) is 67.6. The van der Waals surface area contributed by atoms with Crippen molar-refractivity contribution in [3.63, 3.8) is 0 Å². The van der Waals surface area contributed by atoms with Crippen LogP contribution in [0.2, 0.25) is 0 Å². The summed E-state index contributed by atoms with van der Waals surface area (Å²) in [4.78, 5) is 39.5. The zero-order valence-electron chi connectivity index (χ0n) is 45.4. The normalized spacial score (nSPS) is 10.5. The first kappa shape index (κ1) is 54.2. The van der Waals surface area contributed by atoms with Gasteiger partial charge in [-0.2, -0.15) is 0 Å². The number of methoxy groups -OCH3 is 2. The van der Waals surface area contributed by atoms with Crippen molar-refractivity contribution in [1.82, 2.24) is 44.9 Å². The topological polar surface area (TPSA) is 219 Å². The smallest absolute Gasteiger partial charge is 0.227 e. The largest absolute Gasteiger partial charge is 0.497 e. The van der Waals surface area contributed by atoms with Gasteiger partial charge in [0.15, 0.2) is 17.3 Å². The summed E-state index contributed by atoms with van der Waals surface area (Å²) >= 11 is 0. The molecule has 13 rings (SSSR count). The number of benzene rings is 7. The molecule has 0 fully saturated rings. The Hall–Kier alpha value is -11.8. The molecule has 6 heterocycles. The molecule has 412 valence electrons. The number of hydrogen-bond donors (Lipinski definition) is 3. The van der Waals surface area contributed by atoms with Gasteiger partial charge >= 0.3 is 0 Å². The lowest BCUT2D eigenvalue weighted by Gasteiger charge is -2.10. The average Bonchev–Trinajstić information content (AvgIpc) is 4.40. The monoisotopic (exact) mass is 1110 g/mol. The van der Waals surface area contributed by atoms with E-state index in [-0.39, 0.29) is 0 Å². The van der Waals surface area contributed by atoms with Crippen molar-refractivity contribution < 1.29 is 27.5 Å². The summed E-state index contributed by atoms with van der Waals surface area (Å²) < 4.78 is 34.1. The number of hydrogen-bond acceptors (Lipinski definition) is 18. The Bertz CT molecular complexity index is 4150. The standard InChI is InChI=1S/C26H20N4O2.C21H18N4O3.C19H14N4O/c1-3-8-19(9-4-1)18-31-22-13-7-12-21(16-22)29-26-27-15-14-23(30-26)24-17-28-25(32-24)20-10-5-2-6-11-20;1-26-16-10-15(11-17(12-16)27-2)24-21-22-9-8-18(25-21)19-13-23-20(28-19)14-6-4-3-5-7-14;1-3-7-14(8-4-1)18-21-13-17(24-18)16-11-12-20-19(23-16)22-15-9-5-2-6-10-15/h1-17H,18H2,(H,27,29,30);3-13H,1-2H3,(H,22,24,25);1-13H,(H,20,22,23). The van der Waals surface area contributed by atoms with Crippen molar-refractivity contribution in [3.8, 4) is 86.0 Å². The van der Waals surface area contributed by atoms with Crippen molar-refractivity contribution in [2.24, 2.45) is 0 Å². The van der Waals surface area contributed by atoms with E-state index in [9.17, 15) is 0 Å². The van der Waals surface area contributed by atoms with Gasteiger partial charge < -0.3 is 43.4 Å². The summed E-state index contributed by atoms with van der Waals surface area (Å²) in [6.07, 6.45) is 10.0. The van der Waals surface area contributed by atoms with Crippen LogP contribution in [0, 0.1) is 0 Å². The fraction of sp³-hybridized carbons (Fsp3) is 0.0455. The molecule has 0 spiro atoms. The van der Waals surface area contributed by atoms with Crippen LogP contribution in [0.4, 0.5) is 34.9 Å². The SMILES string of the molecule is COc1cc(Nc2nccc(-c3cnc(-c4ccccc4)o3)n2)cc(OC)c1.c1ccc(COc2cccc(Nc3nccc(-c4cnc(-c5ccccc5)o4)n3)c2)cc1.c1ccc(Nc2nccc(-c3cnc(-c4ccccc4)o3)n2)cc1. The average molecular weight is 1110 g/mol.